The molecule has 1 heterocycles. The predicted octanol–water partition coefficient (Wildman–Crippen LogP) is 3.03. The summed E-state index contributed by atoms with van der Waals surface area (Å²) in [6.07, 6.45) is 2.62. The molecule has 28 heavy (non-hydrogen) atoms. The van der Waals surface area contributed by atoms with Gasteiger partial charge in [-0.05, 0) is 31.2 Å². The van der Waals surface area contributed by atoms with E-state index < -0.39 is 0 Å². The van der Waals surface area contributed by atoms with Crippen molar-refractivity contribution in [1.82, 2.24) is 25.0 Å². The number of nitrogens with zero attached hydrogens (tertiary/aromatic N) is 5. The van der Waals surface area contributed by atoms with Gasteiger partial charge in [-0.3, -0.25) is 0 Å². The SMILES string of the molecule is C=C(C)CN=C(NCCn1cnnc1CC)N(C)CCOc1ccc(Cl)cc1. The molecule has 7 nitrogen and oxygen atoms in total. The fourth-order valence-corrected chi connectivity index (χ4v) is 2.61. The average molecular weight is 405 g/mol. The molecular formula is C20H29ClN6O. The number of halogens is 1. The van der Waals surface area contributed by atoms with Crippen LogP contribution >= 0.6 is 11.6 Å². The van der Waals surface area contributed by atoms with Gasteiger partial charge in [0.1, 0.15) is 24.5 Å². The minimum Gasteiger partial charge on any atom is -0.492 e. The second kappa shape index (κ2) is 11.3. The van der Waals surface area contributed by atoms with E-state index in [-0.39, 0.29) is 0 Å². The normalized spacial score (nSPS) is 11.4. The molecule has 2 aromatic rings. The maximum absolute atomic E-state index is 5.90. The Morgan fingerprint density at radius 2 is 2.11 bits per heavy atom. The van der Waals surface area contributed by atoms with Crippen molar-refractivity contribution in [3.8, 4) is 5.75 Å². The van der Waals surface area contributed by atoms with Crippen molar-refractivity contribution in [2.75, 3.05) is 33.3 Å². The lowest BCUT2D eigenvalue weighted by atomic mass is 10.3. The van der Waals surface area contributed by atoms with Crippen LogP contribution in [-0.4, -0.2) is 58.9 Å². The molecule has 8 heteroatoms. The fraction of sp³-hybridized carbons (Fsp3) is 0.450. The molecule has 0 radical (unpaired) electrons. The first-order valence-electron chi connectivity index (χ1n) is 9.38. The van der Waals surface area contributed by atoms with E-state index in [1.165, 1.54) is 0 Å². The van der Waals surface area contributed by atoms with Crippen LogP contribution in [0.25, 0.3) is 0 Å². The number of aromatic nitrogens is 3. The summed E-state index contributed by atoms with van der Waals surface area (Å²) in [6, 6.07) is 7.36. The Kier molecular flexibility index (Phi) is 8.81. The highest BCUT2D eigenvalue weighted by Crippen LogP contribution is 2.15. The van der Waals surface area contributed by atoms with Crippen LogP contribution < -0.4 is 10.1 Å². The van der Waals surface area contributed by atoms with Gasteiger partial charge in [0, 0.05) is 31.6 Å². The Bertz CT molecular complexity index is 771. The Morgan fingerprint density at radius 3 is 2.79 bits per heavy atom. The zero-order valence-electron chi connectivity index (χ0n) is 16.9. The highest BCUT2D eigenvalue weighted by molar-refractivity contribution is 6.30. The van der Waals surface area contributed by atoms with Crippen molar-refractivity contribution in [2.24, 2.45) is 4.99 Å². The molecule has 1 N–H and O–H groups in total. The molecule has 0 aliphatic rings. The molecule has 0 bridgehead atoms. The number of likely N-dealkylation sites (N-methyl/N-ethyl adjacent to an activating group) is 1. The minimum absolute atomic E-state index is 0.539. The lowest BCUT2D eigenvalue weighted by molar-refractivity contribution is 0.281. The molecule has 1 aromatic heterocycles. The summed E-state index contributed by atoms with van der Waals surface area (Å²) in [6.45, 7) is 11.3. The molecule has 2 rings (SSSR count). The summed E-state index contributed by atoms with van der Waals surface area (Å²) in [5.41, 5.74) is 1.01. The minimum atomic E-state index is 0.539. The maximum Gasteiger partial charge on any atom is 0.194 e. The smallest absolute Gasteiger partial charge is 0.194 e. The number of rotatable bonds is 10. The maximum atomic E-state index is 5.90. The monoisotopic (exact) mass is 404 g/mol. The third-order valence-corrected chi connectivity index (χ3v) is 4.27. The second-order valence-electron chi connectivity index (χ2n) is 6.54. The van der Waals surface area contributed by atoms with Crippen molar-refractivity contribution >= 4 is 17.6 Å². The number of benzene rings is 1. The highest BCUT2D eigenvalue weighted by atomic mass is 35.5. The number of ether oxygens (including phenoxy) is 1. The van der Waals surface area contributed by atoms with Crippen molar-refractivity contribution in [2.45, 2.75) is 26.8 Å². The number of aryl methyl sites for hydroxylation is 1. The molecule has 1 aromatic carbocycles. The Morgan fingerprint density at radius 1 is 1.36 bits per heavy atom. The van der Waals surface area contributed by atoms with Crippen molar-refractivity contribution in [3.05, 3.63) is 53.6 Å². The van der Waals surface area contributed by atoms with Gasteiger partial charge in [-0.15, -0.1) is 10.2 Å². The van der Waals surface area contributed by atoms with E-state index in [9.17, 15) is 0 Å². The van der Waals surface area contributed by atoms with Crippen LogP contribution in [0.4, 0.5) is 0 Å². The van der Waals surface area contributed by atoms with Gasteiger partial charge in [-0.25, -0.2) is 4.99 Å². The number of hydrogen-bond acceptors (Lipinski definition) is 4. The first-order valence-corrected chi connectivity index (χ1v) is 9.76. The van der Waals surface area contributed by atoms with Crippen LogP contribution in [0, 0.1) is 0 Å². The van der Waals surface area contributed by atoms with Gasteiger partial charge in [0.25, 0.3) is 0 Å². The third kappa shape index (κ3) is 7.23. The first kappa shape index (κ1) is 21.8. The Hall–Kier alpha value is -2.54. The molecule has 0 spiro atoms. The fourth-order valence-electron chi connectivity index (χ4n) is 2.49. The van der Waals surface area contributed by atoms with E-state index in [0.717, 1.165) is 42.6 Å². The topological polar surface area (TPSA) is 67.6 Å². The third-order valence-electron chi connectivity index (χ3n) is 4.02. The highest BCUT2D eigenvalue weighted by Gasteiger charge is 2.08. The molecule has 0 saturated carbocycles. The molecule has 0 amide bonds. The Balaban J connectivity index is 1.86. The molecule has 0 fully saturated rings. The molecule has 0 aliphatic heterocycles. The first-order chi connectivity index (χ1) is 13.5. The zero-order chi connectivity index (χ0) is 20.4. The average Bonchev–Trinajstić information content (AvgIpc) is 3.13. The molecule has 0 unspecified atom stereocenters. The van der Waals surface area contributed by atoms with Gasteiger partial charge >= 0.3 is 0 Å². The van der Waals surface area contributed by atoms with Crippen LogP contribution in [0.15, 0.2) is 47.7 Å². The zero-order valence-corrected chi connectivity index (χ0v) is 17.6. The summed E-state index contributed by atoms with van der Waals surface area (Å²) in [4.78, 5) is 6.69. The number of aliphatic imine (C=N–C) groups is 1. The van der Waals surface area contributed by atoms with Gasteiger partial charge in [-0.1, -0.05) is 30.7 Å². The van der Waals surface area contributed by atoms with Crippen LogP contribution in [0.3, 0.4) is 0 Å². The van der Waals surface area contributed by atoms with Gasteiger partial charge in [0.15, 0.2) is 5.96 Å². The van der Waals surface area contributed by atoms with Crippen LogP contribution in [0.1, 0.15) is 19.7 Å². The summed E-state index contributed by atoms with van der Waals surface area (Å²) >= 11 is 5.90. The Labute approximate surface area is 172 Å². The van der Waals surface area contributed by atoms with E-state index in [4.69, 9.17) is 16.3 Å². The quantitative estimate of drug-likeness (QED) is 0.374. The van der Waals surface area contributed by atoms with E-state index in [1.807, 2.05) is 47.7 Å². The number of guanidine groups is 1. The van der Waals surface area contributed by atoms with Crippen LogP contribution in [0.5, 0.6) is 5.75 Å². The summed E-state index contributed by atoms with van der Waals surface area (Å²) in [5, 5.41) is 12.2. The second-order valence-corrected chi connectivity index (χ2v) is 6.98. The molecular weight excluding hydrogens is 376 g/mol. The lowest BCUT2D eigenvalue weighted by Gasteiger charge is -2.23. The number of nitrogens with one attached hydrogen (secondary N) is 1. The van der Waals surface area contributed by atoms with Crippen LogP contribution in [0.2, 0.25) is 5.02 Å². The van der Waals surface area contributed by atoms with E-state index in [0.29, 0.717) is 24.7 Å². The summed E-state index contributed by atoms with van der Waals surface area (Å²) in [7, 11) is 1.99. The van der Waals surface area contributed by atoms with Crippen LogP contribution in [-0.2, 0) is 13.0 Å². The summed E-state index contributed by atoms with van der Waals surface area (Å²) in [5.74, 6) is 2.59. The van der Waals surface area contributed by atoms with Gasteiger partial charge in [0.05, 0.1) is 13.1 Å². The molecule has 0 saturated heterocycles. The lowest BCUT2D eigenvalue weighted by Crippen LogP contribution is -2.42. The molecule has 0 aliphatic carbocycles. The largest absolute Gasteiger partial charge is 0.492 e. The van der Waals surface area contributed by atoms with Crippen molar-refractivity contribution in [1.29, 1.82) is 0 Å². The predicted molar refractivity (Wildman–Crippen MR) is 114 cm³/mol. The standard InChI is InChI=1S/C20H29ClN6O/c1-5-19-25-24-15-27(19)11-10-22-20(23-14-16(2)3)26(4)12-13-28-18-8-6-17(21)7-9-18/h6-9,15H,2,5,10-14H2,1,3-4H3,(H,22,23). The van der Waals surface area contributed by atoms with E-state index in [2.05, 4.69) is 34.0 Å². The number of hydrogen-bond donors (Lipinski definition) is 1. The molecule has 0 atom stereocenters. The summed E-state index contributed by atoms with van der Waals surface area (Å²) < 4.78 is 7.83. The van der Waals surface area contributed by atoms with Crippen molar-refractivity contribution in [3.63, 3.8) is 0 Å². The van der Waals surface area contributed by atoms with Crippen molar-refractivity contribution < 1.29 is 4.74 Å². The van der Waals surface area contributed by atoms with E-state index in [1.54, 1.807) is 6.33 Å². The molecule has 152 valence electrons. The van der Waals surface area contributed by atoms with E-state index >= 15 is 0 Å². The van der Waals surface area contributed by atoms with Gasteiger partial charge in [0.2, 0.25) is 0 Å². The van der Waals surface area contributed by atoms with Gasteiger partial charge < -0.3 is 19.5 Å². The van der Waals surface area contributed by atoms with Gasteiger partial charge in [-0.2, -0.15) is 0 Å².